The van der Waals surface area contributed by atoms with Crippen LogP contribution in [-0.4, -0.2) is 55.5 Å². The molecule has 0 bridgehead atoms. The van der Waals surface area contributed by atoms with Crippen LogP contribution in [0, 0.1) is 0 Å². The summed E-state index contributed by atoms with van der Waals surface area (Å²) < 4.78 is 26.0. The van der Waals surface area contributed by atoms with Crippen LogP contribution in [0.4, 0.5) is 11.8 Å². The van der Waals surface area contributed by atoms with Gasteiger partial charge in [0.25, 0.3) is 0 Å². The molecule has 2 N–H and O–H groups in total. The standard InChI is InChI=1S/C22H31N5O2S/c1-2-17-8-10-19(11-9-17)30(28,29)20-16-24-22(25-21(20)23)27-14-12-26(13-15-27)18-6-4-3-5-7-18/h8-11,16,18H,2-7,12-15H2,1H3,(H2,23,24,25). The molecule has 1 aliphatic heterocycles. The molecule has 8 heteroatoms. The zero-order valence-electron chi connectivity index (χ0n) is 17.6. The monoisotopic (exact) mass is 429 g/mol. The molecule has 30 heavy (non-hydrogen) atoms. The predicted molar refractivity (Wildman–Crippen MR) is 118 cm³/mol. The van der Waals surface area contributed by atoms with E-state index in [4.69, 9.17) is 5.73 Å². The van der Waals surface area contributed by atoms with Gasteiger partial charge in [0.1, 0.15) is 10.7 Å². The molecule has 0 unspecified atom stereocenters. The minimum absolute atomic E-state index is 0.00859. The number of aromatic nitrogens is 2. The van der Waals surface area contributed by atoms with Gasteiger partial charge >= 0.3 is 0 Å². The maximum atomic E-state index is 13.0. The lowest BCUT2D eigenvalue weighted by atomic mass is 9.94. The van der Waals surface area contributed by atoms with Crippen LogP contribution < -0.4 is 10.6 Å². The molecule has 0 atom stereocenters. The fraction of sp³-hybridized carbons (Fsp3) is 0.545. The topological polar surface area (TPSA) is 92.4 Å². The highest BCUT2D eigenvalue weighted by molar-refractivity contribution is 7.91. The quantitative estimate of drug-likeness (QED) is 0.781. The van der Waals surface area contributed by atoms with Gasteiger partial charge in [-0.3, -0.25) is 4.90 Å². The Morgan fingerprint density at radius 3 is 2.30 bits per heavy atom. The Morgan fingerprint density at radius 2 is 1.70 bits per heavy atom. The molecule has 2 aromatic rings. The van der Waals surface area contributed by atoms with E-state index in [-0.39, 0.29) is 15.6 Å². The summed E-state index contributed by atoms with van der Waals surface area (Å²) >= 11 is 0. The fourth-order valence-corrected chi connectivity index (χ4v) is 5.76. The Labute approximate surface area is 179 Å². The van der Waals surface area contributed by atoms with Crippen LogP contribution in [0.1, 0.15) is 44.6 Å². The summed E-state index contributed by atoms with van der Waals surface area (Å²) in [6.45, 7) is 5.67. The van der Waals surface area contributed by atoms with Gasteiger partial charge in [0.2, 0.25) is 15.8 Å². The van der Waals surface area contributed by atoms with E-state index in [1.54, 1.807) is 12.1 Å². The Kier molecular flexibility index (Phi) is 6.24. The number of anilines is 2. The van der Waals surface area contributed by atoms with Crippen molar-refractivity contribution in [1.82, 2.24) is 14.9 Å². The number of nitrogens with two attached hydrogens (primary N) is 1. The van der Waals surface area contributed by atoms with Crippen LogP contribution in [0.5, 0.6) is 0 Å². The smallest absolute Gasteiger partial charge is 0.227 e. The second-order valence-corrected chi connectivity index (χ2v) is 10.2. The summed E-state index contributed by atoms with van der Waals surface area (Å²) in [7, 11) is -3.74. The van der Waals surface area contributed by atoms with E-state index < -0.39 is 9.84 Å². The first-order valence-electron chi connectivity index (χ1n) is 10.9. The number of piperazine rings is 1. The lowest BCUT2D eigenvalue weighted by molar-refractivity contribution is 0.147. The maximum absolute atomic E-state index is 13.0. The molecule has 4 rings (SSSR count). The van der Waals surface area contributed by atoms with E-state index in [0.29, 0.717) is 12.0 Å². The van der Waals surface area contributed by atoms with Crippen LogP contribution in [0.3, 0.4) is 0 Å². The Balaban J connectivity index is 1.46. The number of benzene rings is 1. The fourth-order valence-electron chi connectivity index (χ4n) is 4.50. The first-order valence-corrected chi connectivity index (χ1v) is 12.4. The molecule has 1 aliphatic carbocycles. The lowest BCUT2D eigenvalue weighted by Gasteiger charge is -2.40. The van der Waals surface area contributed by atoms with E-state index in [9.17, 15) is 8.42 Å². The molecule has 2 heterocycles. The first kappa shape index (κ1) is 21.1. The molecule has 2 fully saturated rings. The third-order valence-corrected chi connectivity index (χ3v) is 8.18. The maximum Gasteiger partial charge on any atom is 0.227 e. The van der Waals surface area contributed by atoms with Gasteiger partial charge in [-0.2, -0.15) is 4.98 Å². The van der Waals surface area contributed by atoms with Gasteiger partial charge in [-0.25, -0.2) is 13.4 Å². The second-order valence-electron chi connectivity index (χ2n) is 8.24. The SMILES string of the molecule is CCc1ccc(S(=O)(=O)c2cnc(N3CCN(C4CCCCC4)CC3)nc2N)cc1. The molecule has 7 nitrogen and oxygen atoms in total. The van der Waals surface area contributed by atoms with Gasteiger partial charge in [-0.15, -0.1) is 0 Å². The van der Waals surface area contributed by atoms with Crippen molar-refractivity contribution in [2.75, 3.05) is 36.8 Å². The zero-order valence-corrected chi connectivity index (χ0v) is 18.4. The van der Waals surface area contributed by atoms with Gasteiger partial charge in [-0.1, -0.05) is 38.3 Å². The van der Waals surface area contributed by atoms with Crippen LogP contribution in [0.15, 0.2) is 40.3 Å². The number of hydrogen-bond donors (Lipinski definition) is 1. The molecule has 0 spiro atoms. The van der Waals surface area contributed by atoms with Gasteiger partial charge in [0.15, 0.2) is 0 Å². The van der Waals surface area contributed by atoms with Crippen molar-refractivity contribution in [3.8, 4) is 0 Å². The van der Waals surface area contributed by atoms with Crippen molar-refractivity contribution in [1.29, 1.82) is 0 Å². The summed E-state index contributed by atoms with van der Waals surface area (Å²) in [6.07, 6.45) is 8.85. The number of nitrogens with zero attached hydrogens (tertiary/aromatic N) is 4. The van der Waals surface area contributed by atoms with E-state index in [1.807, 2.05) is 19.1 Å². The Hall–Kier alpha value is -2.19. The molecule has 1 aromatic carbocycles. The van der Waals surface area contributed by atoms with Crippen molar-refractivity contribution in [2.24, 2.45) is 0 Å². The summed E-state index contributed by atoms with van der Waals surface area (Å²) in [5.74, 6) is 0.519. The molecule has 0 radical (unpaired) electrons. The average Bonchev–Trinajstić information content (AvgIpc) is 2.79. The highest BCUT2D eigenvalue weighted by Crippen LogP contribution is 2.27. The summed E-state index contributed by atoms with van der Waals surface area (Å²) in [4.78, 5) is 13.6. The van der Waals surface area contributed by atoms with Crippen molar-refractivity contribution in [3.63, 3.8) is 0 Å². The number of aryl methyl sites for hydroxylation is 1. The third-order valence-electron chi connectivity index (χ3n) is 6.39. The minimum Gasteiger partial charge on any atom is -0.382 e. The highest BCUT2D eigenvalue weighted by atomic mass is 32.2. The summed E-state index contributed by atoms with van der Waals surface area (Å²) in [5, 5.41) is 0. The third kappa shape index (κ3) is 4.30. The zero-order chi connectivity index (χ0) is 21.1. The first-order chi connectivity index (χ1) is 14.5. The van der Waals surface area contributed by atoms with Gasteiger partial charge in [0.05, 0.1) is 11.1 Å². The van der Waals surface area contributed by atoms with E-state index in [0.717, 1.165) is 38.2 Å². The number of hydrogen-bond acceptors (Lipinski definition) is 7. The number of nitrogen functional groups attached to an aromatic ring is 1. The van der Waals surface area contributed by atoms with Gasteiger partial charge in [-0.05, 0) is 37.0 Å². The lowest BCUT2D eigenvalue weighted by Crippen LogP contribution is -2.51. The molecular formula is C22H31N5O2S. The van der Waals surface area contributed by atoms with Crippen LogP contribution in [0.2, 0.25) is 0 Å². The largest absolute Gasteiger partial charge is 0.382 e. The van der Waals surface area contributed by atoms with Crippen molar-refractivity contribution >= 4 is 21.6 Å². The molecule has 2 aliphatic rings. The van der Waals surface area contributed by atoms with E-state index in [1.165, 1.54) is 38.3 Å². The van der Waals surface area contributed by atoms with E-state index >= 15 is 0 Å². The minimum atomic E-state index is -3.74. The van der Waals surface area contributed by atoms with Gasteiger partial charge in [0, 0.05) is 32.2 Å². The van der Waals surface area contributed by atoms with Crippen molar-refractivity contribution in [3.05, 3.63) is 36.0 Å². The number of sulfone groups is 1. The Bertz CT molecular complexity index is 964. The summed E-state index contributed by atoms with van der Waals surface area (Å²) in [5.41, 5.74) is 7.17. The average molecular weight is 430 g/mol. The van der Waals surface area contributed by atoms with Crippen LogP contribution in [0.25, 0.3) is 0 Å². The molecule has 0 amide bonds. The Morgan fingerprint density at radius 1 is 1.03 bits per heavy atom. The molecule has 162 valence electrons. The molecular weight excluding hydrogens is 398 g/mol. The van der Waals surface area contributed by atoms with Crippen LogP contribution >= 0.6 is 0 Å². The second kappa shape index (κ2) is 8.89. The van der Waals surface area contributed by atoms with Crippen molar-refractivity contribution in [2.45, 2.75) is 61.3 Å². The van der Waals surface area contributed by atoms with Gasteiger partial charge < -0.3 is 10.6 Å². The van der Waals surface area contributed by atoms with Crippen LogP contribution in [-0.2, 0) is 16.3 Å². The highest BCUT2D eigenvalue weighted by Gasteiger charge is 2.27. The molecule has 1 saturated heterocycles. The normalized spacial score (nSPS) is 19.2. The molecule has 1 saturated carbocycles. The predicted octanol–water partition coefficient (Wildman–Crippen LogP) is 2.91. The number of rotatable bonds is 5. The van der Waals surface area contributed by atoms with E-state index in [2.05, 4.69) is 19.8 Å². The molecule has 1 aromatic heterocycles. The summed E-state index contributed by atoms with van der Waals surface area (Å²) in [6, 6.07) is 7.59. The van der Waals surface area contributed by atoms with Crippen molar-refractivity contribution < 1.29 is 8.42 Å².